The molecule has 2 rings (SSSR count). The van der Waals surface area contributed by atoms with Gasteiger partial charge in [0.1, 0.15) is 11.8 Å². The van der Waals surface area contributed by atoms with Crippen molar-refractivity contribution >= 4 is 11.6 Å². The van der Waals surface area contributed by atoms with E-state index in [1.807, 2.05) is 43.3 Å². The van der Waals surface area contributed by atoms with E-state index in [-0.39, 0.29) is 5.91 Å². The summed E-state index contributed by atoms with van der Waals surface area (Å²) in [6, 6.07) is 11.5. The Balaban J connectivity index is 2.34. The SMILES string of the molecule is COCCNC(=O)c1c(C#N)ccn1-c1ccc(N(C)C)cc1. The van der Waals surface area contributed by atoms with Gasteiger partial charge in [0.25, 0.3) is 5.91 Å². The predicted octanol–water partition coefficient (Wildman–Crippen LogP) is 1.79. The van der Waals surface area contributed by atoms with Crippen molar-refractivity contribution in [2.45, 2.75) is 0 Å². The first-order chi connectivity index (χ1) is 11.1. The van der Waals surface area contributed by atoms with Crippen LogP contribution in [0.15, 0.2) is 36.5 Å². The maximum absolute atomic E-state index is 12.4. The second-order valence-electron chi connectivity index (χ2n) is 5.22. The van der Waals surface area contributed by atoms with Gasteiger partial charge in [0.05, 0.1) is 12.2 Å². The monoisotopic (exact) mass is 312 g/mol. The van der Waals surface area contributed by atoms with Crippen LogP contribution >= 0.6 is 0 Å². The largest absolute Gasteiger partial charge is 0.383 e. The number of nitrogens with one attached hydrogen (secondary N) is 1. The Bertz CT molecular complexity index is 711. The molecule has 0 atom stereocenters. The number of aromatic nitrogens is 1. The van der Waals surface area contributed by atoms with Crippen molar-refractivity contribution in [1.29, 1.82) is 5.26 Å². The van der Waals surface area contributed by atoms with Crippen molar-refractivity contribution in [1.82, 2.24) is 9.88 Å². The Morgan fingerprint density at radius 3 is 2.57 bits per heavy atom. The van der Waals surface area contributed by atoms with Crippen molar-refractivity contribution in [3.63, 3.8) is 0 Å². The first-order valence-corrected chi connectivity index (χ1v) is 7.25. The molecule has 0 saturated heterocycles. The van der Waals surface area contributed by atoms with Crippen LogP contribution in [-0.2, 0) is 4.74 Å². The molecule has 1 amide bonds. The summed E-state index contributed by atoms with van der Waals surface area (Å²) in [7, 11) is 5.50. The molecule has 6 heteroatoms. The predicted molar refractivity (Wildman–Crippen MR) is 89.0 cm³/mol. The molecule has 0 aliphatic heterocycles. The standard InChI is InChI=1S/C17H20N4O2/c1-20(2)14-4-6-15(7-5-14)21-10-8-13(12-18)16(21)17(22)19-9-11-23-3/h4-8,10H,9,11H2,1-3H3,(H,19,22). The first kappa shape index (κ1) is 16.6. The number of anilines is 1. The summed E-state index contributed by atoms with van der Waals surface area (Å²) in [5.74, 6) is -0.291. The van der Waals surface area contributed by atoms with Gasteiger partial charge in [-0.1, -0.05) is 0 Å². The number of hydrogen-bond acceptors (Lipinski definition) is 4. The molecule has 0 radical (unpaired) electrons. The van der Waals surface area contributed by atoms with Crippen LogP contribution in [0.4, 0.5) is 5.69 Å². The summed E-state index contributed by atoms with van der Waals surface area (Å²) in [5.41, 5.74) is 2.57. The van der Waals surface area contributed by atoms with Gasteiger partial charge in [0, 0.05) is 45.3 Å². The number of benzene rings is 1. The smallest absolute Gasteiger partial charge is 0.269 e. The zero-order valence-electron chi connectivity index (χ0n) is 13.5. The fourth-order valence-electron chi connectivity index (χ4n) is 2.23. The molecule has 0 fully saturated rings. The van der Waals surface area contributed by atoms with Gasteiger partial charge in [-0.2, -0.15) is 5.26 Å². The van der Waals surface area contributed by atoms with E-state index in [0.29, 0.717) is 24.4 Å². The van der Waals surface area contributed by atoms with E-state index in [4.69, 9.17) is 4.74 Å². The molecule has 0 saturated carbocycles. The van der Waals surface area contributed by atoms with Crippen LogP contribution in [0.1, 0.15) is 16.1 Å². The molecule has 0 unspecified atom stereocenters. The van der Waals surface area contributed by atoms with Gasteiger partial charge in [-0.05, 0) is 30.3 Å². The van der Waals surface area contributed by atoms with Crippen LogP contribution < -0.4 is 10.2 Å². The molecule has 0 aliphatic carbocycles. The molecule has 0 aliphatic rings. The third kappa shape index (κ3) is 3.71. The minimum Gasteiger partial charge on any atom is -0.383 e. The van der Waals surface area contributed by atoms with Crippen molar-refractivity contribution in [2.75, 3.05) is 39.3 Å². The van der Waals surface area contributed by atoms with Gasteiger partial charge in [0.2, 0.25) is 0 Å². The molecule has 0 spiro atoms. The molecule has 2 aromatic rings. The van der Waals surface area contributed by atoms with Gasteiger partial charge in [-0.3, -0.25) is 4.79 Å². The van der Waals surface area contributed by atoms with E-state index >= 15 is 0 Å². The number of amides is 1. The molecule has 23 heavy (non-hydrogen) atoms. The number of nitriles is 1. The Hall–Kier alpha value is -2.78. The Morgan fingerprint density at radius 1 is 1.30 bits per heavy atom. The lowest BCUT2D eigenvalue weighted by Gasteiger charge is -2.14. The highest BCUT2D eigenvalue weighted by Gasteiger charge is 2.17. The zero-order chi connectivity index (χ0) is 16.8. The van der Waals surface area contributed by atoms with Crippen molar-refractivity contribution in [3.05, 3.63) is 47.8 Å². The van der Waals surface area contributed by atoms with Gasteiger partial charge in [-0.25, -0.2) is 0 Å². The zero-order valence-corrected chi connectivity index (χ0v) is 13.5. The third-order valence-corrected chi connectivity index (χ3v) is 3.46. The lowest BCUT2D eigenvalue weighted by Crippen LogP contribution is -2.29. The number of rotatable bonds is 6. The second-order valence-corrected chi connectivity index (χ2v) is 5.22. The fraction of sp³-hybridized carbons (Fsp3) is 0.294. The fourth-order valence-corrected chi connectivity index (χ4v) is 2.23. The average molecular weight is 312 g/mol. The van der Waals surface area contributed by atoms with Gasteiger partial charge in [0.15, 0.2) is 0 Å². The summed E-state index contributed by atoms with van der Waals surface area (Å²) < 4.78 is 6.65. The van der Waals surface area contributed by atoms with E-state index in [9.17, 15) is 10.1 Å². The molecule has 6 nitrogen and oxygen atoms in total. The lowest BCUT2D eigenvalue weighted by atomic mass is 10.2. The molecule has 0 bridgehead atoms. The highest BCUT2D eigenvalue weighted by atomic mass is 16.5. The van der Waals surface area contributed by atoms with E-state index in [1.54, 1.807) is 23.9 Å². The topological polar surface area (TPSA) is 70.3 Å². The normalized spacial score (nSPS) is 10.2. The number of methoxy groups -OCH3 is 1. The quantitative estimate of drug-likeness (QED) is 0.826. The highest BCUT2D eigenvalue weighted by molar-refractivity contribution is 5.95. The third-order valence-electron chi connectivity index (χ3n) is 3.46. The van der Waals surface area contributed by atoms with E-state index in [0.717, 1.165) is 11.4 Å². The molecular weight excluding hydrogens is 292 g/mol. The van der Waals surface area contributed by atoms with Gasteiger partial charge >= 0.3 is 0 Å². The van der Waals surface area contributed by atoms with Crippen LogP contribution in [0.3, 0.4) is 0 Å². The molecular formula is C17H20N4O2. The summed E-state index contributed by atoms with van der Waals surface area (Å²) in [4.78, 5) is 14.4. The van der Waals surface area contributed by atoms with E-state index in [2.05, 4.69) is 11.4 Å². The number of carbonyl (C=O) groups excluding carboxylic acids is 1. The molecule has 120 valence electrons. The first-order valence-electron chi connectivity index (χ1n) is 7.25. The van der Waals surface area contributed by atoms with Crippen LogP contribution in [0.5, 0.6) is 0 Å². The maximum atomic E-state index is 12.4. The van der Waals surface area contributed by atoms with E-state index in [1.165, 1.54) is 0 Å². The number of ether oxygens (including phenoxy) is 1. The maximum Gasteiger partial charge on any atom is 0.269 e. The Morgan fingerprint density at radius 2 is 2.00 bits per heavy atom. The molecule has 1 aromatic carbocycles. The lowest BCUT2D eigenvalue weighted by molar-refractivity contribution is 0.0930. The van der Waals surface area contributed by atoms with E-state index < -0.39 is 0 Å². The summed E-state index contributed by atoms with van der Waals surface area (Å²) in [6.45, 7) is 0.816. The summed E-state index contributed by atoms with van der Waals surface area (Å²) in [5, 5.41) is 12.0. The Kier molecular flexibility index (Phi) is 5.39. The van der Waals surface area contributed by atoms with Crippen LogP contribution in [-0.4, -0.2) is 44.8 Å². The van der Waals surface area contributed by atoms with Crippen molar-refractivity contribution in [3.8, 4) is 11.8 Å². The summed E-state index contributed by atoms with van der Waals surface area (Å²) >= 11 is 0. The van der Waals surface area contributed by atoms with Crippen LogP contribution in [0.25, 0.3) is 5.69 Å². The highest BCUT2D eigenvalue weighted by Crippen LogP contribution is 2.20. The molecule has 1 aromatic heterocycles. The van der Waals surface area contributed by atoms with Crippen LogP contribution in [0.2, 0.25) is 0 Å². The molecule has 1 N–H and O–H groups in total. The van der Waals surface area contributed by atoms with Crippen molar-refractivity contribution < 1.29 is 9.53 Å². The average Bonchev–Trinajstić information content (AvgIpc) is 2.99. The van der Waals surface area contributed by atoms with Gasteiger partial charge < -0.3 is 19.5 Å². The van der Waals surface area contributed by atoms with Gasteiger partial charge in [-0.15, -0.1) is 0 Å². The minimum atomic E-state index is -0.291. The minimum absolute atomic E-state index is 0.291. The number of nitrogens with zero attached hydrogens (tertiary/aromatic N) is 3. The second kappa shape index (κ2) is 7.47. The number of hydrogen-bond donors (Lipinski definition) is 1. The molecule has 1 heterocycles. The van der Waals surface area contributed by atoms with Crippen LogP contribution in [0, 0.1) is 11.3 Å². The Labute approximate surface area is 135 Å². The number of carbonyl (C=O) groups is 1. The summed E-state index contributed by atoms with van der Waals surface area (Å²) in [6.07, 6.45) is 1.73. The van der Waals surface area contributed by atoms with Crippen molar-refractivity contribution in [2.24, 2.45) is 0 Å².